The number of hydrogen-bond acceptors (Lipinski definition) is 6. The van der Waals surface area contributed by atoms with Gasteiger partial charge in [0.1, 0.15) is 24.1 Å². The molecule has 9 nitrogen and oxygen atoms in total. The van der Waals surface area contributed by atoms with Crippen molar-refractivity contribution in [2.24, 2.45) is 0 Å². The van der Waals surface area contributed by atoms with Crippen molar-refractivity contribution in [3.8, 4) is 11.5 Å². The summed E-state index contributed by atoms with van der Waals surface area (Å²) in [4.78, 5) is 29.6. The average Bonchev–Trinajstić information content (AvgIpc) is 3.50. The number of carbonyl (C=O) groups excluding carboxylic acids is 2. The molecule has 4 rings (SSSR count). The molecule has 0 heterocycles. The number of amides is 2. The third kappa shape index (κ3) is 8.25. The summed E-state index contributed by atoms with van der Waals surface area (Å²) in [6, 6.07) is 22.5. The van der Waals surface area contributed by atoms with Crippen LogP contribution in [0.5, 0.6) is 11.5 Å². The van der Waals surface area contributed by atoms with Crippen LogP contribution in [-0.4, -0.2) is 64.2 Å². The lowest BCUT2D eigenvalue weighted by Crippen LogP contribution is -2.54. The highest BCUT2D eigenvalue weighted by Crippen LogP contribution is 2.24. The molecule has 1 saturated carbocycles. The maximum atomic E-state index is 14.2. The Morgan fingerprint density at radius 3 is 2.14 bits per heavy atom. The number of nitrogens with one attached hydrogen (secondary N) is 1. The standard InChI is InChI=1S/C32H39N3O6S/c1-40-28-18-16-27(17-19-28)35(42(3,38)39)23-31(36)34(22-25-12-9-15-29(20-25)41-2)30(21-24-10-5-4-6-11-24)32(37)33-26-13-7-8-14-26/h4-6,9-12,15-20,26,30H,7-8,13-14,21-23H2,1-3H3,(H,33,37). The van der Waals surface area contributed by atoms with E-state index in [-0.39, 0.29) is 24.9 Å². The lowest BCUT2D eigenvalue weighted by molar-refractivity contribution is -0.140. The molecule has 0 saturated heterocycles. The number of methoxy groups -OCH3 is 2. The van der Waals surface area contributed by atoms with Crippen molar-refractivity contribution in [1.29, 1.82) is 0 Å². The van der Waals surface area contributed by atoms with Crippen LogP contribution in [0.3, 0.4) is 0 Å². The van der Waals surface area contributed by atoms with Gasteiger partial charge in [-0.15, -0.1) is 0 Å². The molecule has 1 N–H and O–H groups in total. The zero-order valence-corrected chi connectivity index (χ0v) is 25.2. The summed E-state index contributed by atoms with van der Waals surface area (Å²) >= 11 is 0. The number of hydrogen-bond donors (Lipinski definition) is 1. The number of sulfonamides is 1. The molecule has 0 aliphatic heterocycles. The third-order valence-electron chi connectivity index (χ3n) is 7.50. The van der Waals surface area contributed by atoms with Crippen LogP contribution in [-0.2, 0) is 32.6 Å². The van der Waals surface area contributed by atoms with Crippen LogP contribution in [0.1, 0.15) is 36.8 Å². The molecular formula is C32H39N3O6S. The normalized spacial score (nSPS) is 14.2. The maximum Gasteiger partial charge on any atom is 0.244 e. The van der Waals surface area contributed by atoms with Crippen LogP contribution in [0, 0.1) is 0 Å². The number of carbonyl (C=O) groups is 2. The molecule has 42 heavy (non-hydrogen) atoms. The molecule has 3 aromatic carbocycles. The van der Waals surface area contributed by atoms with Gasteiger partial charge in [0, 0.05) is 19.0 Å². The number of ether oxygens (including phenoxy) is 2. The van der Waals surface area contributed by atoms with Crippen LogP contribution in [0.4, 0.5) is 5.69 Å². The van der Waals surface area contributed by atoms with Crippen molar-refractivity contribution in [3.63, 3.8) is 0 Å². The first kappa shape index (κ1) is 30.9. The zero-order valence-electron chi connectivity index (χ0n) is 24.4. The summed E-state index contributed by atoms with van der Waals surface area (Å²) in [5.74, 6) is 0.425. The molecule has 224 valence electrons. The van der Waals surface area contributed by atoms with Crippen LogP contribution < -0.4 is 19.1 Å². The molecule has 1 aliphatic rings. The van der Waals surface area contributed by atoms with E-state index in [1.807, 2.05) is 48.5 Å². The van der Waals surface area contributed by atoms with Crippen molar-refractivity contribution in [1.82, 2.24) is 10.2 Å². The Morgan fingerprint density at radius 2 is 1.52 bits per heavy atom. The minimum absolute atomic E-state index is 0.0522. The van der Waals surface area contributed by atoms with Crippen molar-refractivity contribution in [3.05, 3.63) is 90.0 Å². The average molecular weight is 594 g/mol. The molecular weight excluding hydrogens is 554 g/mol. The molecule has 1 aliphatic carbocycles. The minimum Gasteiger partial charge on any atom is -0.497 e. The van der Waals surface area contributed by atoms with Gasteiger partial charge in [0.2, 0.25) is 21.8 Å². The monoisotopic (exact) mass is 593 g/mol. The van der Waals surface area contributed by atoms with Gasteiger partial charge in [-0.05, 0) is 60.4 Å². The van der Waals surface area contributed by atoms with E-state index in [0.29, 0.717) is 17.2 Å². The summed E-state index contributed by atoms with van der Waals surface area (Å²) in [6.45, 7) is -0.386. The predicted octanol–water partition coefficient (Wildman–Crippen LogP) is 4.17. The fraction of sp³-hybridized carbons (Fsp3) is 0.375. The number of benzene rings is 3. The second-order valence-corrected chi connectivity index (χ2v) is 12.4. The zero-order chi connectivity index (χ0) is 30.1. The quantitative estimate of drug-likeness (QED) is 0.319. The van der Waals surface area contributed by atoms with E-state index in [2.05, 4.69) is 5.32 Å². The smallest absolute Gasteiger partial charge is 0.244 e. The highest BCUT2D eigenvalue weighted by Gasteiger charge is 2.34. The number of nitrogens with zero attached hydrogens (tertiary/aromatic N) is 2. The molecule has 0 spiro atoms. The molecule has 1 atom stereocenters. The second-order valence-electron chi connectivity index (χ2n) is 10.5. The van der Waals surface area contributed by atoms with Gasteiger partial charge in [0.25, 0.3) is 0 Å². The first-order valence-electron chi connectivity index (χ1n) is 14.1. The lowest BCUT2D eigenvalue weighted by Gasteiger charge is -2.34. The van der Waals surface area contributed by atoms with Gasteiger partial charge in [0.05, 0.1) is 26.2 Å². The third-order valence-corrected chi connectivity index (χ3v) is 8.64. The molecule has 3 aromatic rings. The highest BCUT2D eigenvalue weighted by atomic mass is 32.2. The lowest BCUT2D eigenvalue weighted by atomic mass is 10.0. The van der Waals surface area contributed by atoms with E-state index in [9.17, 15) is 18.0 Å². The first-order valence-corrected chi connectivity index (χ1v) is 15.9. The molecule has 2 amide bonds. The SMILES string of the molecule is COc1ccc(N(CC(=O)N(Cc2cccc(OC)c2)C(Cc2ccccc2)C(=O)NC2CCCC2)S(C)(=O)=O)cc1. The Morgan fingerprint density at radius 1 is 0.881 bits per heavy atom. The van der Waals surface area contributed by atoms with Crippen molar-refractivity contribution >= 4 is 27.5 Å². The molecule has 0 bridgehead atoms. The summed E-state index contributed by atoms with van der Waals surface area (Å²) < 4.78 is 37.5. The van der Waals surface area contributed by atoms with Gasteiger partial charge in [0.15, 0.2) is 0 Å². The number of rotatable bonds is 13. The summed E-state index contributed by atoms with van der Waals surface area (Å²) in [5.41, 5.74) is 1.97. The molecule has 1 fully saturated rings. The van der Waals surface area contributed by atoms with Gasteiger partial charge in [-0.25, -0.2) is 8.42 Å². The van der Waals surface area contributed by atoms with Gasteiger partial charge in [-0.2, -0.15) is 0 Å². The van der Waals surface area contributed by atoms with Crippen LogP contribution in [0.15, 0.2) is 78.9 Å². The van der Waals surface area contributed by atoms with E-state index in [0.717, 1.165) is 47.4 Å². The van der Waals surface area contributed by atoms with Gasteiger partial charge >= 0.3 is 0 Å². The van der Waals surface area contributed by atoms with Gasteiger partial charge in [-0.3, -0.25) is 13.9 Å². The van der Waals surface area contributed by atoms with E-state index >= 15 is 0 Å². The van der Waals surface area contributed by atoms with Crippen LogP contribution in [0.25, 0.3) is 0 Å². The fourth-order valence-electron chi connectivity index (χ4n) is 5.25. The van der Waals surface area contributed by atoms with Gasteiger partial charge < -0.3 is 19.7 Å². The summed E-state index contributed by atoms with van der Waals surface area (Å²) in [6.07, 6.45) is 5.22. The number of anilines is 1. The minimum atomic E-state index is -3.85. The van der Waals surface area contributed by atoms with Crippen LogP contribution >= 0.6 is 0 Å². The Balaban J connectivity index is 1.72. The van der Waals surface area contributed by atoms with Crippen molar-refractivity contribution < 1.29 is 27.5 Å². The summed E-state index contributed by atoms with van der Waals surface area (Å²) in [7, 11) is -0.764. The topological polar surface area (TPSA) is 105 Å². The highest BCUT2D eigenvalue weighted by molar-refractivity contribution is 7.92. The molecule has 0 aromatic heterocycles. The Hall–Kier alpha value is -4.05. The van der Waals surface area contributed by atoms with E-state index < -0.39 is 28.5 Å². The van der Waals surface area contributed by atoms with Crippen molar-refractivity contribution in [2.75, 3.05) is 31.3 Å². The van der Waals surface area contributed by atoms with Gasteiger partial charge in [-0.1, -0.05) is 55.3 Å². The van der Waals surface area contributed by atoms with Crippen molar-refractivity contribution in [2.45, 2.75) is 50.7 Å². The van der Waals surface area contributed by atoms with E-state index in [1.54, 1.807) is 37.4 Å². The molecule has 0 radical (unpaired) electrons. The van der Waals surface area contributed by atoms with E-state index in [1.165, 1.54) is 12.0 Å². The second kappa shape index (κ2) is 14.2. The van der Waals surface area contributed by atoms with Crippen LogP contribution in [0.2, 0.25) is 0 Å². The molecule has 1 unspecified atom stereocenters. The summed E-state index contributed by atoms with van der Waals surface area (Å²) in [5, 5.41) is 3.17. The van der Waals surface area contributed by atoms with E-state index in [4.69, 9.17) is 9.47 Å². The largest absolute Gasteiger partial charge is 0.497 e. The molecule has 10 heteroatoms. The Kier molecular flexibility index (Phi) is 10.5. The maximum absolute atomic E-state index is 14.2. The Labute approximate surface area is 248 Å². The first-order chi connectivity index (χ1) is 20.2. The Bertz CT molecular complexity index is 1440. The fourth-order valence-corrected chi connectivity index (χ4v) is 6.10. The predicted molar refractivity (Wildman–Crippen MR) is 163 cm³/mol.